The number of nitrogens with zero attached hydrogens (tertiary/aromatic N) is 1. The largest absolute Gasteiger partial charge is 0.475 e. The minimum atomic E-state index is -1.45. The van der Waals surface area contributed by atoms with Crippen molar-refractivity contribution >= 4 is 13.0 Å². The molecular weight excluding hydrogens is 195 g/mol. The molecule has 84 valence electrons. The summed E-state index contributed by atoms with van der Waals surface area (Å²) in [4.78, 5) is 13.7. The van der Waals surface area contributed by atoms with Crippen LogP contribution in [0.25, 0.3) is 0 Å². The third kappa shape index (κ3) is 1.66. The van der Waals surface area contributed by atoms with Crippen molar-refractivity contribution in [2.75, 3.05) is 13.1 Å². The second kappa shape index (κ2) is 3.77. The molecule has 1 unspecified atom stereocenters. The van der Waals surface area contributed by atoms with Crippen molar-refractivity contribution in [1.82, 2.24) is 10.2 Å². The third-order valence-corrected chi connectivity index (χ3v) is 3.62. The zero-order valence-electron chi connectivity index (χ0n) is 8.94. The van der Waals surface area contributed by atoms with Crippen LogP contribution in [0.15, 0.2) is 0 Å². The van der Waals surface area contributed by atoms with E-state index in [1.807, 2.05) is 0 Å². The molecule has 1 amide bonds. The van der Waals surface area contributed by atoms with Crippen molar-refractivity contribution < 1.29 is 14.8 Å². The highest BCUT2D eigenvalue weighted by Crippen LogP contribution is 2.32. The molecule has 0 aliphatic carbocycles. The number of amides is 1. The first-order chi connectivity index (χ1) is 7.07. The van der Waals surface area contributed by atoms with Crippen LogP contribution < -0.4 is 5.32 Å². The summed E-state index contributed by atoms with van der Waals surface area (Å²) in [6.07, 6.45) is 2.68. The zero-order valence-corrected chi connectivity index (χ0v) is 8.94. The van der Waals surface area contributed by atoms with Crippen LogP contribution in [0.4, 0.5) is 0 Å². The molecule has 5 nitrogen and oxygen atoms in total. The van der Waals surface area contributed by atoms with Crippen molar-refractivity contribution in [2.24, 2.45) is 0 Å². The molecule has 2 aliphatic heterocycles. The quantitative estimate of drug-likeness (QED) is 0.499. The number of hydrogen-bond donors (Lipinski definition) is 3. The molecule has 0 aromatic rings. The Morgan fingerprint density at radius 2 is 2.27 bits per heavy atom. The van der Waals surface area contributed by atoms with Gasteiger partial charge >= 0.3 is 7.12 Å². The van der Waals surface area contributed by atoms with Crippen molar-refractivity contribution in [3.8, 4) is 0 Å². The first-order valence-corrected chi connectivity index (χ1v) is 5.49. The smallest absolute Gasteiger partial charge is 0.426 e. The van der Waals surface area contributed by atoms with E-state index >= 15 is 0 Å². The van der Waals surface area contributed by atoms with Crippen molar-refractivity contribution in [2.45, 2.75) is 37.7 Å². The molecule has 1 spiro atoms. The molecule has 3 N–H and O–H groups in total. The minimum absolute atomic E-state index is 0.0283. The van der Waals surface area contributed by atoms with Crippen LogP contribution in [-0.4, -0.2) is 52.5 Å². The summed E-state index contributed by atoms with van der Waals surface area (Å²) in [6, 6.07) is 0. The summed E-state index contributed by atoms with van der Waals surface area (Å²) < 4.78 is 0. The summed E-state index contributed by atoms with van der Waals surface area (Å²) in [5.74, 6) is -0.486. The molecule has 2 heterocycles. The number of carbonyl (C=O) groups excluding carboxylic acids is 1. The van der Waals surface area contributed by atoms with Gasteiger partial charge in [-0.05, 0) is 32.7 Å². The molecule has 0 bridgehead atoms. The highest BCUT2D eigenvalue weighted by Gasteiger charge is 2.50. The van der Waals surface area contributed by atoms with Crippen LogP contribution in [-0.2, 0) is 4.79 Å². The van der Waals surface area contributed by atoms with Gasteiger partial charge in [0.25, 0.3) is 0 Å². The zero-order chi connectivity index (χ0) is 11.1. The summed E-state index contributed by atoms with van der Waals surface area (Å²) in [5.41, 5.74) is -0.400. The van der Waals surface area contributed by atoms with Crippen molar-refractivity contribution in [3.63, 3.8) is 0 Å². The number of carbonyl (C=O) groups is 1. The van der Waals surface area contributed by atoms with Crippen LogP contribution in [0, 0.1) is 0 Å². The molecule has 0 aromatic heterocycles. The van der Waals surface area contributed by atoms with Crippen LogP contribution >= 0.6 is 0 Å². The maximum atomic E-state index is 12.1. The van der Waals surface area contributed by atoms with E-state index in [9.17, 15) is 4.79 Å². The number of hydrogen-bond acceptors (Lipinski definition) is 4. The van der Waals surface area contributed by atoms with Gasteiger partial charge in [-0.15, -0.1) is 0 Å². The van der Waals surface area contributed by atoms with Crippen LogP contribution in [0.3, 0.4) is 0 Å². The summed E-state index contributed by atoms with van der Waals surface area (Å²) in [6.45, 7) is 3.16. The van der Waals surface area contributed by atoms with Crippen molar-refractivity contribution in [3.05, 3.63) is 0 Å². The second-order valence-corrected chi connectivity index (χ2v) is 4.52. The van der Waals surface area contributed by atoms with E-state index in [1.54, 1.807) is 11.8 Å². The Labute approximate surface area is 89.6 Å². The highest BCUT2D eigenvalue weighted by molar-refractivity contribution is 6.43. The van der Waals surface area contributed by atoms with Gasteiger partial charge < -0.3 is 20.3 Å². The van der Waals surface area contributed by atoms with Gasteiger partial charge in [-0.3, -0.25) is 4.79 Å². The topological polar surface area (TPSA) is 72.8 Å². The molecule has 2 rings (SSSR count). The fraction of sp³-hybridized carbons (Fsp3) is 0.889. The Morgan fingerprint density at radius 3 is 2.80 bits per heavy atom. The van der Waals surface area contributed by atoms with Crippen LogP contribution in [0.1, 0.15) is 26.2 Å². The standard InChI is InChI=1S/C9H17BN2O3/c1-7(10(14)15)12-6-4-9(8(12)13)3-2-5-11-9/h7,11,14-15H,2-6H2,1H3/t7-,9?/m0/s1. The maximum absolute atomic E-state index is 12.1. The van der Waals surface area contributed by atoms with Gasteiger partial charge in [0.2, 0.25) is 5.91 Å². The Morgan fingerprint density at radius 1 is 1.53 bits per heavy atom. The van der Waals surface area contributed by atoms with Gasteiger partial charge in [-0.1, -0.05) is 0 Å². The minimum Gasteiger partial charge on any atom is -0.426 e. The number of likely N-dealkylation sites (tertiary alicyclic amines) is 1. The summed E-state index contributed by atoms with van der Waals surface area (Å²) in [7, 11) is -1.45. The van der Waals surface area contributed by atoms with E-state index in [2.05, 4.69) is 5.32 Å². The van der Waals surface area contributed by atoms with E-state index in [0.717, 1.165) is 25.8 Å². The Kier molecular flexibility index (Phi) is 2.74. The van der Waals surface area contributed by atoms with Crippen LogP contribution in [0.2, 0.25) is 0 Å². The molecule has 0 saturated carbocycles. The molecule has 6 heteroatoms. The normalized spacial score (nSPS) is 32.7. The lowest BCUT2D eigenvalue weighted by Crippen LogP contribution is -2.52. The molecule has 0 aromatic carbocycles. The van der Waals surface area contributed by atoms with Gasteiger partial charge in [0.15, 0.2) is 0 Å². The maximum Gasteiger partial charge on any atom is 0.475 e. The Balaban J connectivity index is 2.10. The monoisotopic (exact) mass is 212 g/mol. The Bertz CT molecular complexity index is 266. The van der Waals surface area contributed by atoms with Gasteiger partial charge in [-0.2, -0.15) is 0 Å². The van der Waals surface area contributed by atoms with Gasteiger partial charge in [0, 0.05) is 6.54 Å². The molecular formula is C9H17BN2O3. The van der Waals surface area contributed by atoms with E-state index in [0.29, 0.717) is 6.54 Å². The number of rotatable bonds is 2. The third-order valence-electron chi connectivity index (χ3n) is 3.62. The fourth-order valence-corrected chi connectivity index (χ4v) is 2.55. The molecule has 15 heavy (non-hydrogen) atoms. The van der Waals surface area contributed by atoms with Gasteiger partial charge in [0.1, 0.15) is 0 Å². The molecule has 2 atom stereocenters. The van der Waals surface area contributed by atoms with Gasteiger partial charge in [0.05, 0.1) is 11.5 Å². The molecule has 2 aliphatic rings. The predicted molar refractivity (Wildman–Crippen MR) is 56.0 cm³/mol. The first-order valence-electron chi connectivity index (χ1n) is 5.49. The van der Waals surface area contributed by atoms with E-state index < -0.39 is 18.6 Å². The van der Waals surface area contributed by atoms with Crippen molar-refractivity contribution in [1.29, 1.82) is 0 Å². The lowest BCUT2D eigenvalue weighted by Gasteiger charge is -2.27. The summed E-state index contributed by atoms with van der Waals surface area (Å²) >= 11 is 0. The number of nitrogens with one attached hydrogen (secondary N) is 1. The Hall–Kier alpha value is -0.585. The molecule has 2 saturated heterocycles. The van der Waals surface area contributed by atoms with E-state index in [4.69, 9.17) is 10.0 Å². The van der Waals surface area contributed by atoms with Crippen LogP contribution in [0.5, 0.6) is 0 Å². The van der Waals surface area contributed by atoms with E-state index in [1.165, 1.54) is 0 Å². The average molecular weight is 212 g/mol. The lowest BCUT2D eigenvalue weighted by atomic mass is 9.80. The predicted octanol–water partition coefficient (Wildman–Crippen LogP) is -1.26. The van der Waals surface area contributed by atoms with Gasteiger partial charge in [-0.25, -0.2) is 0 Å². The average Bonchev–Trinajstić information content (AvgIpc) is 2.77. The first kappa shape index (κ1) is 10.9. The van der Waals surface area contributed by atoms with E-state index in [-0.39, 0.29) is 5.91 Å². The lowest BCUT2D eigenvalue weighted by molar-refractivity contribution is -0.133. The molecule has 0 radical (unpaired) electrons. The SMILES string of the molecule is C[C@@H](B(O)O)N1CCC2(CCCN2)C1=O. The molecule has 2 fully saturated rings. The fourth-order valence-electron chi connectivity index (χ4n) is 2.55. The second-order valence-electron chi connectivity index (χ2n) is 4.52. The highest BCUT2D eigenvalue weighted by atomic mass is 16.4. The summed E-state index contributed by atoms with van der Waals surface area (Å²) in [5, 5.41) is 21.4.